The molecule has 1 aromatic carbocycles. The number of carbonyl (C=O) groups is 2. The Bertz CT molecular complexity index is 627. The Kier molecular flexibility index (Phi) is 3.53. The number of nitrogens with zero attached hydrogens (tertiary/aromatic N) is 1. The number of fused-ring (bicyclic) bond motifs is 1. The molecule has 1 aliphatic heterocycles. The number of carbonyl (C=O) groups excluding carboxylic acids is 1. The molecule has 1 saturated carbocycles. The van der Waals surface area contributed by atoms with E-state index in [1.165, 1.54) is 5.06 Å². The van der Waals surface area contributed by atoms with Crippen LogP contribution in [0.1, 0.15) is 26.2 Å². The first-order valence-electron chi connectivity index (χ1n) is 7.41. The van der Waals surface area contributed by atoms with Crippen molar-refractivity contribution < 1.29 is 19.5 Å². The summed E-state index contributed by atoms with van der Waals surface area (Å²) in [5.74, 6) is -1.03. The second kappa shape index (κ2) is 5.25. The van der Waals surface area contributed by atoms with Crippen molar-refractivity contribution >= 4 is 17.6 Å². The highest BCUT2D eigenvalue weighted by Crippen LogP contribution is 2.51. The van der Waals surface area contributed by atoms with E-state index in [9.17, 15) is 9.59 Å². The van der Waals surface area contributed by atoms with Gasteiger partial charge in [-0.05, 0) is 44.2 Å². The number of hydrogen-bond acceptors (Lipinski definition) is 3. The van der Waals surface area contributed by atoms with E-state index in [2.05, 4.69) is 6.58 Å². The molecular weight excluding hydrogens is 282 g/mol. The van der Waals surface area contributed by atoms with Crippen LogP contribution < -0.4 is 5.06 Å². The van der Waals surface area contributed by atoms with Crippen molar-refractivity contribution in [3.8, 4) is 0 Å². The Labute approximate surface area is 129 Å². The molecule has 2 aliphatic rings. The molecule has 1 aliphatic carbocycles. The first-order valence-corrected chi connectivity index (χ1v) is 7.41. The van der Waals surface area contributed by atoms with Gasteiger partial charge in [0.25, 0.3) is 5.91 Å². The fraction of sp³-hybridized carbons (Fsp3) is 0.412. The highest BCUT2D eigenvalue weighted by molar-refractivity contribution is 5.98. The molecule has 0 aromatic heterocycles. The van der Waals surface area contributed by atoms with Crippen molar-refractivity contribution in [2.24, 2.45) is 11.3 Å². The summed E-state index contributed by atoms with van der Waals surface area (Å²) in [7, 11) is 0. The molecule has 0 bridgehead atoms. The fourth-order valence-electron chi connectivity index (χ4n) is 3.48. The minimum atomic E-state index is -0.988. The minimum absolute atomic E-state index is 0.00580. The van der Waals surface area contributed by atoms with Crippen LogP contribution in [0.15, 0.2) is 42.5 Å². The topological polar surface area (TPSA) is 66.8 Å². The van der Waals surface area contributed by atoms with Crippen molar-refractivity contribution in [3.63, 3.8) is 0 Å². The second-order valence-corrected chi connectivity index (χ2v) is 6.29. The lowest BCUT2D eigenvalue weighted by molar-refractivity contribution is -0.133. The molecule has 2 fully saturated rings. The number of rotatable bonds is 4. The average molecular weight is 301 g/mol. The van der Waals surface area contributed by atoms with E-state index in [1.54, 1.807) is 0 Å². The van der Waals surface area contributed by atoms with Gasteiger partial charge in [-0.2, -0.15) is 5.06 Å². The summed E-state index contributed by atoms with van der Waals surface area (Å²) in [6.45, 7) is 5.51. The zero-order valence-corrected chi connectivity index (χ0v) is 12.5. The number of benzene rings is 1. The summed E-state index contributed by atoms with van der Waals surface area (Å²) in [6, 6.07) is 9.24. The predicted molar refractivity (Wildman–Crippen MR) is 81.0 cm³/mol. The van der Waals surface area contributed by atoms with Crippen LogP contribution in [0.3, 0.4) is 0 Å². The molecule has 1 N–H and O–H groups in total. The van der Waals surface area contributed by atoms with Gasteiger partial charge in [0, 0.05) is 5.57 Å². The molecule has 22 heavy (non-hydrogen) atoms. The van der Waals surface area contributed by atoms with Crippen molar-refractivity contribution in [3.05, 3.63) is 42.5 Å². The number of carboxylic acids is 1. The van der Waals surface area contributed by atoms with Gasteiger partial charge in [-0.15, -0.1) is 0 Å². The maximum Gasteiger partial charge on any atom is 0.330 e. The first-order chi connectivity index (χ1) is 10.4. The van der Waals surface area contributed by atoms with E-state index in [0.29, 0.717) is 18.5 Å². The summed E-state index contributed by atoms with van der Waals surface area (Å²) in [5.41, 5.74) is 0.293. The molecule has 0 radical (unpaired) electrons. The van der Waals surface area contributed by atoms with Crippen LogP contribution in [0.5, 0.6) is 0 Å². The zero-order chi connectivity index (χ0) is 15.9. The second-order valence-electron chi connectivity index (χ2n) is 6.29. The van der Waals surface area contributed by atoms with Gasteiger partial charge in [-0.25, -0.2) is 4.79 Å². The van der Waals surface area contributed by atoms with Crippen LogP contribution in [0.25, 0.3) is 0 Å². The van der Waals surface area contributed by atoms with Gasteiger partial charge in [0.15, 0.2) is 0 Å². The van der Waals surface area contributed by atoms with Gasteiger partial charge in [0.05, 0.1) is 11.1 Å². The summed E-state index contributed by atoms with van der Waals surface area (Å²) in [6.07, 6.45) is 1.54. The predicted octanol–water partition coefficient (Wildman–Crippen LogP) is 2.78. The molecule has 5 nitrogen and oxygen atoms in total. The molecule has 1 amide bonds. The van der Waals surface area contributed by atoms with E-state index in [1.807, 2.05) is 37.3 Å². The largest absolute Gasteiger partial charge is 0.478 e. The first kappa shape index (κ1) is 14.8. The Morgan fingerprint density at radius 3 is 2.77 bits per heavy atom. The van der Waals surface area contributed by atoms with Gasteiger partial charge < -0.3 is 5.11 Å². The number of amides is 1. The van der Waals surface area contributed by atoms with Gasteiger partial charge in [-0.3, -0.25) is 9.63 Å². The van der Waals surface area contributed by atoms with Crippen molar-refractivity contribution in [1.29, 1.82) is 0 Å². The number of carboxylic acid groups (broad SMARTS) is 1. The van der Waals surface area contributed by atoms with Crippen molar-refractivity contribution in [2.45, 2.75) is 32.3 Å². The molecule has 5 heteroatoms. The summed E-state index contributed by atoms with van der Waals surface area (Å²) < 4.78 is 0. The number of hydroxylamine groups is 1. The van der Waals surface area contributed by atoms with Gasteiger partial charge in [0.2, 0.25) is 0 Å². The van der Waals surface area contributed by atoms with Crippen LogP contribution in [0.4, 0.5) is 5.69 Å². The smallest absolute Gasteiger partial charge is 0.330 e. The number of hydrogen-bond donors (Lipinski definition) is 1. The monoisotopic (exact) mass is 301 g/mol. The van der Waals surface area contributed by atoms with Gasteiger partial charge >= 0.3 is 5.97 Å². The van der Waals surface area contributed by atoms with Crippen LogP contribution in [0.2, 0.25) is 0 Å². The number of aliphatic carboxylic acids is 1. The Morgan fingerprint density at radius 2 is 2.14 bits per heavy atom. The third-order valence-electron chi connectivity index (χ3n) is 4.78. The molecule has 3 rings (SSSR count). The Hall–Kier alpha value is -2.14. The number of anilines is 1. The highest BCUT2D eigenvalue weighted by Gasteiger charge is 2.59. The molecule has 0 spiro atoms. The van der Waals surface area contributed by atoms with E-state index in [4.69, 9.17) is 9.94 Å². The maximum atomic E-state index is 12.7. The SMILES string of the molecule is C=C(CC1CC[C@@]2(C)C(=O)N(c3ccccc3)OC12)C(=O)O. The summed E-state index contributed by atoms with van der Waals surface area (Å²) >= 11 is 0. The highest BCUT2D eigenvalue weighted by atomic mass is 16.7. The van der Waals surface area contributed by atoms with E-state index in [0.717, 1.165) is 6.42 Å². The van der Waals surface area contributed by atoms with Gasteiger partial charge in [-0.1, -0.05) is 24.8 Å². The third kappa shape index (κ3) is 2.22. The lowest BCUT2D eigenvalue weighted by atomic mass is 9.83. The van der Waals surface area contributed by atoms with Crippen LogP contribution in [-0.4, -0.2) is 23.1 Å². The Balaban J connectivity index is 1.83. The standard InChI is InChI=1S/C17H19NO4/c1-11(15(19)20)10-12-8-9-17(2)14(12)22-18(16(17)21)13-6-4-3-5-7-13/h3-7,12,14H,1,8-10H2,2H3,(H,19,20)/t12?,14?,17-/m1/s1. The number of para-hydroxylation sites is 1. The minimum Gasteiger partial charge on any atom is -0.478 e. The molecule has 1 aromatic rings. The van der Waals surface area contributed by atoms with Gasteiger partial charge in [0.1, 0.15) is 6.10 Å². The van der Waals surface area contributed by atoms with Crippen LogP contribution in [-0.2, 0) is 14.4 Å². The van der Waals surface area contributed by atoms with Crippen molar-refractivity contribution in [1.82, 2.24) is 0 Å². The Morgan fingerprint density at radius 1 is 1.45 bits per heavy atom. The zero-order valence-electron chi connectivity index (χ0n) is 12.5. The molecule has 116 valence electrons. The van der Waals surface area contributed by atoms with Crippen molar-refractivity contribution in [2.75, 3.05) is 5.06 Å². The third-order valence-corrected chi connectivity index (χ3v) is 4.78. The van der Waals surface area contributed by atoms with E-state index < -0.39 is 11.4 Å². The molecule has 2 unspecified atom stereocenters. The van der Waals surface area contributed by atoms with E-state index in [-0.39, 0.29) is 23.5 Å². The van der Waals surface area contributed by atoms with E-state index >= 15 is 0 Å². The van der Waals surface area contributed by atoms with Crippen LogP contribution >= 0.6 is 0 Å². The normalized spacial score (nSPS) is 30.4. The maximum absolute atomic E-state index is 12.7. The quantitative estimate of drug-likeness (QED) is 0.868. The molecular formula is C17H19NO4. The fourth-order valence-corrected chi connectivity index (χ4v) is 3.48. The summed E-state index contributed by atoms with van der Waals surface area (Å²) in [5, 5.41) is 10.4. The lowest BCUT2D eigenvalue weighted by Crippen LogP contribution is -2.33. The molecule has 1 heterocycles. The average Bonchev–Trinajstić information content (AvgIpc) is 2.95. The van der Waals surface area contributed by atoms with Crippen LogP contribution in [0, 0.1) is 11.3 Å². The lowest BCUT2D eigenvalue weighted by Gasteiger charge is -2.21. The summed E-state index contributed by atoms with van der Waals surface area (Å²) in [4.78, 5) is 29.7. The molecule has 1 saturated heterocycles. The molecule has 3 atom stereocenters.